The van der Waals surface area contributed by atoms with E-state index in [2.05, 4.69) is 47.0 Å². The summed E-state index contributed by atoms with van der Waals surface area (Å²) < 4.78 is 0. The van der Waals surface area contributed by atoms with Crippen LogP contribution in [0.1, 0.15) is 43.5 Å². The topological polar surface area (TPSA) is 163 Å². The van der Waals surface area contributed by atoms with E-state index in [4.69, 9.17) is 0 Å². The fourth-order valence-electron chi connectivity index (χ4n) is 4.29. The number of amides is 5. The number of carbonyl (C=O) groups excluding carboxylic acids is 3. The van der Waals surface area contributed by atoms with Gasteiger partial charge in [0.15, 0.2) is 5.82 Å². The largest absolute Gasteiger partial charge is 0.356 e. The van der Waals surface area contributed by atoms with Gasteiger partial charge in [-0.15, -0.1) is 20.4 Å². The van der Waals surface area contributed by atoms with E-state index in [0.29, 0.717) is 49.4 Å². The minimum absolute atomic E-state index is 0.0308. The maximum Gasteiger partial charge on any atom is 0.315 e. The first kappa shape index (κ1) is 26.6. The Morgan fingerprint density at radius 2 is 1.73 bits per heavy atom. The number of carbonyl (C=O) groups is 3. The zero-order valence-corrected chi connectivity index (χ0v) is 21.6. The minimum atomic E-state index is -0.258. The van der Waals surface area contributed by atoms with Gasteiger partial charge in [-0.25, -0.2) is 9.59 Å². The number of rotatable bonds is 12. The molecule has 0 bridgehead atoms. The molecule has 37 heavy (non-hydrogen) atoms. The molecule has 5 N–H and O–H groups in total. The van der Waals surface area contributed by atoms with E-state index in [1.54, 1.807) is 6.92 Å². The number of nitrogens with one attached hydrogen (secondary N) is 5. The van der Waals surface area contributed by atoms with E-state index < -0.39 is 0 Å². The van der Waals surface area contributed by atoms with E-state index in [9.17, 15) is 14.4 Å². The highest BCUT2D eigenvalue weighted by molar-refractivity contribution is 8.00. The van der Waals surface area contributed by atoms with E-state index in [0.717, 1.165) is 36.1 Å². The molecule has 0 spiro atoms. The van der Waals surface area contributed by atoms with E-state index in [-0.39, 0.29) is 30.1 Å². The number of hydrogen-bond donors (Lipinski definition) is 5. The first-order valence-corrected chi connectivity index (χ1v) is 13.6. The molecule has 2 aliphatic heterocycles. The molecule has 0 saturated carbocycles. The van der Waals surface area contributed by atoms with Crippen LogP contribution >= 0.6 is 11.8 Å². The Morgan fingerprint density at radius 1 is 0.973 bits per heavy atom. The molecule has 0 aliphatic carbocycles. The average molecular weight is 528 g/mol. The van der Waals surface area contributed by atoms with Gasteiger partial charge >= 0.3 is 12.1 Å². The van der Waals surface area contributed by atoms with E-state index >= 15 is 0 Å². The standard InChI is InChI=1S/C24H33N9O3S/c1-15-30-32-22(33-31-15)17-9-7-16(8-10-17)13-27-23(35)26-12-4-11-25-20(34)6-3-2-5-19-21-18(14-37-19)28-24(36)29-21/h7-10,18-19,21H,2-6,11-14H2,1H3,(H,25,34)(H2,26,27,35)(H2,28,29,36)/t18-,19-,21-/m0/s1. The van der Waals surface area contributed by atoms with Crippen LogP contribution < -0.4 is 26.6 Å². The highest BCUT2D eigenvalue weighted by Crippen LogP contribution is 2.33. The second-order valence-corrected chi connectivity index (χ2v) is 10.4. The summed E-state index contributed by atoms with van der Waals surface area (Å²) in [7, 11) is 0. The van der Waals surface area contributed by atoms with Crippen LogP contribution in [0.5, 0.6) is 0 Å². The summed E-state index contributed by atoms with van der Waals surface area (Å²) in [4.78, 5) is 35.5. The van der Waals surface area contributed by atoms with Gasteiger partial charge in [0.25, 0.3) is 0 Å². The lowest BCUT2D eigenvalue weighted by atomic mass is 10.0. The van der Waals surface area contributed by atoms with Gasteiger partial charge in [0.2, 0.25) is 11.7 Å². The summed E-state index contributed by atoms with van der Waals surface area (Å²) in [6, 6.07) is 7.63. The van der Waals surface area contributed by atoms with Crippen LogP contribution in [0.25, 0.3) is 11.4 Å². The van der Waals surface area contributed by atoms with Crippen molar-refractivity contribution in [3.8, 4) is 11.4 Å². The molecule has 12 nitrogen and oxygen atoms in total. The fourth-order valence-corrected chi connectivity index (χ4v) is 5.84. The van der Waals surface area contributed by atoms with Crippen LogP contribution in [0.3, 0.4) is 0 Å². The Balaban J connectivity index is 1.01. The number of aryl methyl sites for hydroxylation is 1. The van der Waals surface area contributed by atoms with Gasteiger partial charge in [0.1, 0.15) is 0 Å². The number of aromatic nitrogens is 4. The predicted octanol–water partition coefficient (Wildman–Crippen LogP) is 1.27. The van der Waals surface area contributed by atoms with E-state index in [1.807, 2.05) is 36.0 Å². The minimum Gasteiger partial charge on any atom is -0.356 e. The smallest absolute Gasteiger partial charge is 0.315 e. The summed E-state index contributed by atoms with van der Waals surface area (Å²) in [5.41, 5.74) is 1.74. The number of urea groups is 2. The highest BCUT2D eigenvalue weighted by Gasteiger charge is 2.42. The summed E-state index contributed by atoms with van der Waals surface area (Å²) in [5.74, 6) is 1.95. The van der Waals surface area contributed by atoms with E-state index in [1.165, 1.54) is 0 Å². The molecule has 13 heteroatoms. The molecular formula is C24H33N9O3S. The van der Waals surface area contributed by atoms with Crippen LogP contribution in [0.2, 0.25) is 0 Å². The monoisotopic (exact) mass is 527 g/mol. The normalized spacial score (nSPS) is 20.0. The lowest BCUT2D eigenvalue weighted by molar-refractivity contribution is -0.121. The molecule has 3 atom stereocenters. The Bertz CT molecular complexity index is 1070. The Hall–Kier alpha value is -3.48. The van der Waals surface area contributed by atoms with Crippen LogP contribution in [-0.4, -0.2) is 74.5 Å². The molecule has 0 unspecified atom stereocenters. The maximum absolute atomic E-state index is 12.1. The third-order valence-electron chi connectivity index (χ3n) is 6.29. The number of hydrogen-bond acceptors (Lipinski definition) is 8. The lowest BCUT2D eigenvalue weighted by Gasteiger charge is -2.16. The zero-order chi connectivity index (χ0) is 26.0. The summed E-state index contributed by atoms with van der Waals surface area (Å²) in [6.07, 6.45) is 3.94. The number of benzene rings is 1. The van der Waals surface area contributed by atoms with Crippen molar-refractivity contribution in [1.82, 2.24) is 47.0 Å². The highest BCUT2D eigenvalue weighted by atomic mass is 32.2. The average Bonchev–Trinajstić information content (AvgIpc) is 3.45. The van der Waals surface area contributed by atoms with Crippen LogP contribution in [0.15, 0.2) is 24.3 Å². The maximum atomic E-state index is 12.1. The Kier molecular flexibility index (Phi) is 9.46. The molecule has 198 valence electrons. The predicted molar refractivity (Wildman–Crippen MR) is 140 cm³/mol. The Labute approximate surface area is 219 Å². The van der Waals surface area contributed by atoms with Crippen molar-refractivity contribution in [2.45, 2.75) is 62.9 Å². The van der Waals surface area contributed by atoms with Crippen molar-refractivity contribution in [1.29, 1.82) is 0 Å². The van der Waals surface area contributed by atoms with Gasteiger partial charge in [-0.3, -0.25) is 4.79 Å². The molecule has 2 saturated heterocycles. The van der Waals surface area contributed by atoms with Crippen LogP contribution in [-0.2, 0) is 11.3 Å². The van der Waals surface area contributed by atoms with Gasteiger partial charge in [0.05, 0.1) is 12.1 Å². The molecule has 2 aromatic rings. The van der Waals surface area contributed by atoms with Crippen LogP contribution in [0.4, 0.5) is 9.59 Å². The molecule has 4 rings (SSSR count). The molecular weight excluding hydrogens is 494 g/mol. The van der Waals surface area contributed by atoms with Crippen LogP contribution in [0, 0.1) is 6.92 Å². The third-order valence-corrected chi connectivity index (χ3v) is 7.79. The van der Waals surface area contributed by atoms with Gasteiger partial charge < -0.3 is 26.6 Å². The van der Waals surface area contributed by atoms with Crippen molar-refractivity contribution in [3.63, 3.8) is 0 Å². The second kappa shape index (κ2) is 13.2. The van der Waals surface area contributed by atoms with Crippen molar-refractivity contribution in [3.05, 3.63) is 35.7 Å². The quantitative estimate of drug-likeness (QED) is 0.204. The molecule has 2 fully saturated rings. The van der Waals surface area contributed by atoms with Crippen molar-refractivity contribution in [2.75, 3.05) is 18.8 Å². The number of nitrogens with zero attached hydrogens (tertiary/aromatic N) is 4. The first-order valence-electron chi connectivity index (χ1n) is 12.6. The van der Waals surface area contributed by atoms with Gasteiger partial charge in [-0.2, -0.15) is 11.8 Å². The SMILES string of the molecule is Cc1nnc(-c2ccc(CNC(=O)NCCCNC(=O)CCCC[C@@H]3SC[C@@H]4NC(=O)N[C@@H]43)cc2)nn1. The second-order valence-electron chi connectivity index (χ2n) is 9.15. The van der Waals surface area contributed by atoms with Crippen molar-refractivity contribution >= 4 is 29.7 Å². The summed E-state index contributed by atoms with van der Waals surface area (Å²) >= 11 is 1.89. The third kappa shape index (κ3) is 8.00. The summed E-state index contributed by atoms with van der Waals surface area (Å²) in [6.45, 7) is 3.10. The molecule has 1 aromatic carbocycles. The van der Waals surface area contributed by atoms with Gasteiger partial charge in [-0.1, -0.05) is 30.7 Å². The van der Waals surface area contributed by atoms with Gasteiger partial charge in [0, 0.05) is 42.6 Å². The lowest BCUT2D eigenvalue weighted by Crippen LogP contribution is -2.37. The Morgan fingerprint density at radius 3 is 2.51 bits per heavy atom. The molecule has 3 heterocycles. The molecule has 5 amide bonds. The molecule has 0 radical (unpaired) electrons. The number of fused-ring (bicyclic) bond motifs is 1. The van der Waals surface area contributed by atoms with Gasteiger partial charge in [-0.05, 0) is 31.7 Å². The number of unbranched alkanes of at least 4 members (excludes halogenated alkanes) is 1. The molecule has 1 aromatic heterocycles. The fraction of sp³-hybridized carbons (Fsp3) is 0.542. The van der Waals surface area contributed by atoms with Crippen molar-refractivity contribution < 1.29 is 14.4 Å². The molecule has 2 aliphatic rings. The van der Waals surface area contributed by atoms with Crippen molar-refractivity contribution in [2.24, 2.45) is 0 Å². The zero-order valence-electron chi connectivity index (χ0n) is 20.8. The summed E-state index contributed by atoms with van der Waals surface area (Å²) in [5, 5.41) is 30.7. The number of thioether (sulfide) groups is 1. The first-order chi connectivity index (χ1) is 18.0.